The summed E-state index contributed by atoms with van der Waals surface area (Å²) in [7, 11) is 0. The monoisotopic (exact) mass is 221 g/mol. The van der Waals surface area contributed by atoms with Crippen LogP contribution in [0.3, 0.4) is 0 Å². The largest absolute Gasteiger partial charge is 0.445 e. The van der Waals surface area contributed by atoms with Crippen molar-refractivity contribution in [3.05, 3.63) is 10.0 Å². The first-order valence-corrected chi connectivity index (χ1v) is 4.41. The van der Waals surface area contributed by atoms with E-state index >= 15 is 0 Å². The molecule has 76 valence electrons. The zero-order valence-corrected chi connectivity index (χ0v) is 8.20. The van der Waals surface area contributed by atoms with E-state index < -0.39 is 16.6 Å². The molecule has 0 atom stereocenters. The van der Waals surface area contributed by atoms with Crippen LogP contribution in [0.4, 0.5) is 13.2 Å². The molecule has 0 saturated heterocycles. The molecular weight excluding hydrogens is 215 g/mol. The Bertz CT molecular complexity index is 374. The third kappa shape index (κ3) is 2.01. The number of halogens is 3. The van der Waals surface area contributed by atoms with Crippen molar-refractivity contribution in [1.29, 1.82) is 5.26 Å². The normalized spacial score (nSPS) is 12.6. The fourth-order valence-electron chi connectivity index (χ4n) is 0.638. The molecule has 0 aliphatic heterocycles. The van der Waals surface area contributed by atoms with Gasteiger partial charge in [-0.2, -0.15) is 18.4 Å². The Kier molecular flexibility index (Phi) is 2.50. The summed E-state index contributed by atoms with van der Waals surface area (Å²) in [6.45, 7) is 2.99. The lowest BCUT2D eigenvalue weighted by atomic mass is 9.97. The molecule has 0 aliphatic rings. The molecule has 0 spiro atoms. The molecule has 0 amide bonds. The van der Waals surface area contributed by atoms with Gasteiger partial charge in [0.05, 0.1) is 6.07 Å². The van der Waals surface area contributed by atoms with Crippen LogP contribution in [-0.4, -0.2) is 10.2 Å². The maximum Gasteiger partial charge on any atom is 0.445 e. The highest BCUT2D eigenvalue weighted by Crippen LogP contribution is 2.34. The van der Waals surface area contributed by atoms with E-state index in [0.717, 1.165) is 0 Å². The summed E-state index contributed by atoms with van der Waals surface area (Å²) in [5, 5.41) is 14.1. The Labute approximate surface area is 82.2 Å². The van der Waals surface area contributed by atoms with Gasteiger partial charge in [-0.25, -0.2) is 0 Å². The van der Waals surface area contributed by atoms with Crippen LogP contribution >= 0.6 is 11.3 Å². The van der Waals surface area contributed by atoms with E-state index in [1.165, 1.54) is 13.8 Å². The highest BCUT2D eigenvalue weighted by Gasteiger charge is 2.37. The van der Waals surface area contributed by atoms with Gasteiger partial charge in [0.15, 0.2) is 0 Å². The molecule has 3 nitrogen and oxygen atoms in total. The number of rotatable bonds is 1. The average Bonchev–Trinajstić information content (AvgIpc) is 2.51. The average molecular weight is 221 g/mol. The molecule has 1 aromatic rings. The number of hydrogen-bond donors (Lipinski definition) is 0. The van der Waals surface area contributed by atoms with Crippen LogP contribution in [0.25, 0.3) is 0 Å². The van der Waals surface area contributed by atoms with Crippen molar-refractivity contribution in [2.24, 2.45) is 0 Å². The standard InChI is InChI=1S/C7H6F3N3S/c1-6(2,3-11)4-12-13-5(14-4)7(8,9)10/h1-2H3. The smallest absolute Gasteiger partial charge is 0.197 e. The van der Waals surface area contributed by atoms with E-state index in [0.29, 0.717) is 11.3 Å². The fraction of sp³-hybridized carbons (Fsp3) is 0.571. The van der Waals surface area contributed by atoms with Gasteiger partial charge in [-0.15, -0.1) is 10.2 Å². The Morgan fingerprint density at radius 3 is 2.07 bits per heavy atom. The van der Waals surface area contributed by atoms with Crippen LogP contribution in [0.5, 0.6) is 0 Å². The highest BCUT2D eigenvalue weighted by atomic mass is 32.1. The molecule has 0 N–H and O–H groups in total. The number of nitrogens with zero attached hydrogens (tertiary/aromatic N) is 3. The van der Waals surface area contributed by atoms with Crippen LogP contribution < -0.4 is 0 Å². The first kappa shape index (κ1) is 10.9. The van der Waals surface area contributed by atoms with E-state index in [1.54, 1.807) is 0 Å². The number of hydrogen-bond acceptors (Lipinski definition) is 4. The minimum absolute atomic E-state index is 0.0762. The molecule has 0 unspecified atom stereocenters. The van der Waals surface area contributed by atoms with Gasteiger partial charge in [-0.3, -0.25) is 0 Å². The number of nitriles is 1. The molecule has 14 heavy (non-hydrogen) atoms. The third-order valence-corrected chi connectivity index (χ3v) is 2.77. The second-order valence-corrected chi connectivity index (χ2v) is 4.12. The van der Waals surface area contributed by atoms with Crippen molar-refractivity contribution in [2.75, 3.05) is 0 Å². The first-order valence-electron chi connectivity index (χ1n) is 3.60. The zero-order valence-electron chi connectivity index (χ0n) is 7.38. The molecule has 7 heteroatoms. The topological polar surface area (TPSA) is 49.6 Å². The van der Waals surface area contributed by atoms with Crippen molar-refractivity contribution in [3.63, 3.8) is 0 Å². The lowest BCUT2D eigenvalue weighted by Gasteiger charge is -2.08. The summed E-state index contributed by atoms with van der Waals surface area (Å²) in [6, 6.07) is 1.86. The summed E-state index contributed by atoms with van der Waals surface area (Å²) in [4.78, 5) is 0. The molecule has 1 aromatic heterocycles. The lowest BCUT2D eigenvalue weighted by molar-refractivity contribution is -0.138. The van der Waals surface area contributed by atoms with Gasteiger partial charge in [0, 0.05) is 0 Å². The highest BCUT2D eigenvalue weighted by molar-refractivity contribution is 7.11. The van der Waals surface area contributed by atoms with Gasteiger partial charge in [0.25, 0.3) is 0 Å². The molecule has 0 radical (unpaired) electrons. The van der Waals surface area contributed by atoms with Crippen LogP contribution in [0, 0.1) is 11.3 Å². The van der Waals surface area contributed by atoms with E-state index in [1.807, 2.05) is 6.07 Å². The van der Waals surface area contributed by atoms with Gasteiger partial charge < -0.3 is 0 Å². The molecule has 0 saturated carbocycles. The predicted molar refractivity (Wildman–Crippen MR) is 43.6 cm³/mol. The summed E-state index contributed by atoms with van der Waals surface area (Å²) in [6.07, 6.45) is -4.48. The molecule has 1 heterocycles. The molecule has 1 rings (SSSR count). The van der Waals surface area contributed by atoms with E-state index in [-0.39, 0.29) is 5.01 Å². The van der Waals surface area contributed by atoms with Crippen LogP contribution in [-0.2, 0) is 11.6 Å². The molecule has 0 fully saturated rings. The summed E-state index contributed by atoms with van der Waals surface area (Å²) >= 11 is 0.402. The van der Waals surface area contributed by atoms with Crippen molar-refractivity contribution in [2.45, 2.75) is 25.4 Å². The molecule has 0 aromatic carbocycles. The summed E-state index contributed by atoms with van der Waals surface area (Å²) < 4.78 is 36.4. The van der Waals surface area contributed by atoms with Crippen molar-refractivity contribution in [3.8, 4) is 6.07 Å². The summed E-state index contributed by atoms with van der Waals surface area (Å²) in [5.74, 6) is 0. The van der Waals surface area contributed by atoms with Gasteiger partial charge in [0.2, 0.25) is 5.01 Å². The van der Waals surface area contributed by atoms with Crippen LogP contribution in [0.1, 0.15) is 23.9 Å². The minimum atomic E-state index is -4.48. The second kappa shape index (κ2) is 3.20. The van der Waals surface area contributed by atoms with Crippen LogP contribution in [0.2, 0.25) is 0 Å². The Morgan fingerprint density at radius 1 is 1.21 bits per heavy atom. The fourth-order valence-corrected chi connectivity index (χ4v) is 1.40. The number of alkyl halides is 3. The Morgan fingerprint density at radius 2 is 1.71 bits per heavy atom. The van der Waals surface area contributed by atoms with E-state index in [4.69, 9.17) is 5.26 Å². The summed E-state index contributed by atoms with van der Waals surface area (Å²) in [5.41, 5.74) is -1.03. The van der Waals surface area contributed by atoms with Crippen LogP contribution in [0.15, 0.2) is 0 Å². The van der Waals surface area contributed by atoms with Gasteiger partial charge in [-0.05, 0) is 13.8 Å². The maximum atomic E-state index is 12.1. The van der Waals surface area contributed by atoms with Crippen molar-refractivity contribution in [1.82, 2.24) is 10.2 Å². The van der Waals surface area contributed by atoms with Gasteiger partial charge in [-0.1, -0.05) is 11.3 Å². The maximum absolute atomic E-state index is 12.1. The molecule has 0 bridgehead atoms. The second-order valence-electron chi connectivity index (χ2n) is 3.15. The molecular formula is C7H6F3N3S. The van der Waals surface area contributed by atoms with Gasteiger partial charge >= 0.3 is 6.18 Å². The van der Waals surface area contributed by atoms with E-state index in [9.17, 15) is 13.2 Å². The Balaban J connectivity index is 3.08. The van der Waals surface area contributed by atoms with Gasteiger partial charge in [0.1, 0.15) is 10.4 Å². The number of aromatic nitrogens is 2. The zero-order chi connectivity index (χ0) is 11.0. The first-order chi connectivity index (χ1) is 6.27. The predicted octanol–water partition coefficient (Wildman–Crippen LogP) is 2.36. The van der Waals surface area contributed by atoms with Crippen molar-refractivity contribution >= 4 is 11.3 Å². The Hall–Kier alpha value is -1.16. The quantitative estimate of drug-likeness (QED) is 0.731. The SMILES string of the molecule is CC(C)(C#N)c1nnc(C(F)(F)F)s1. The van der Waals surface area contributed by atoms with E-state index in [2.05, 4.69) is 10.2 Å². The third-order valence-electron chi connectivity index (χ3n) is 1.48. The van der Waals surface area contributed by atoms with Crippen molar-refractivity contribution < 1.29 is 13.2 Å². The minimum Gasteiger partial charge on any atom is -0.197 e. The lowest BCUT2D eigenvalue weighted by Crippen LogP contribution is -2.13. The molecule has 0 aliphatic carbocycles.